The van der Waals surface area contributed by atoms with Gasteiger partial charge < -0.3 is 14.6 Å². The summed E-state index contributed by atoms with van der Waals surface area (Å²) in [4.78, 5) is 3.80. The summed E-state index contributed by atoms with van der Waals surface area (Å²) in [5.41, 5.74) is -0.0330. The largest absolute Gasteiger partial charge is 0.573 e. The van der Waals surface area contributed by atoms with Crippen LogP contribution in [0.4, 0.5) is 13.2 Å². The van der Waals surface area contributed by atoms with Gasteiger partial charge in [0.1, 0.15) is 0 Å². The summed E-state index contributed by atoms with van der Waals surface area (Å²) in [6.07, 6.45) is -4.84. The molecule has 0 aliphatic heterocycles. The molecule has 0 fully saturated rings. The van der Waals surface area contributed by atoms with Crippen LogP contribution in [-0.2, 0) is 11.9 Å². The third kappa shape index (κ3) is 3.74. The molecule has 0 unspecified atom stereocenters. The number of aromatic nitrogens is 1. The van der Waals surface area contributed by atoms with Crippen LogP contribution in [0.15, 0.2) is 6.07 Å². The molecule has 0 amide bonds. The van der Waals surface area contributed by atoms with Gasteiger partial charge in [-0.3, -0.25) is 0 Å². The Morgan fingerprint density at radius 2 is 2.12 bits per heavy atom. The van der Waals surface area contributed by atoms with Gasteiger partial charge in [-0.1, -0.05) is 15.9 Å². The number of halogens is 4. The zero-order valence-electron chi connectivity index (χ0n) is 8.71. The van der Waals surface area contributed by atoms with Gasteiger partial charge in [0.05, 0.1) is 19.4 Å². The zero-order valence-corrected chi connectivity index (χ0v) is 10.3. The maximum Gasteiger partial charge on any atom is 0.573 e. The van der Waals surface area contributed by atoms with Crippen molar-refractivity contribution in [3.05, 3.63) is 17.3 Å². The number of hydrogen-bond acceptors (Lipinski definition) is 4. The van der Waals surface area contributed by atoms with Crippen LogP contribution in [0, 0.1) is 0 Å². The van der Waals surface area contributed by atoms with Gasteiger partial charge in [0.15, 0.2) is 5.75 Å². The molecule has 1 heterocycles. The summed E-state index contributed by atoms with van der Waals surface area (Å²) in [7, 11) is 1.33. The summed E-state index contributed by atoms with van der Waals surface area (Å²) in [5, 5.41) is 9.05. The molecule has 0 aliphatic carbocycles. The standard InChI is InChI=1S/C9H9BrF3NO3/c1-16-7-2-5(4-15)8(6(3-10)14-7)17-9(11,12)13/h2,15H,3-4H2,1H3. The predicted octanol–water partition coefficient (Wildman–Crippen LogP) is 2.38. The van der Waals surface area contributed by atoms with Gasteiger partial charge in [-0.2, -0.15) is 0 Å². The molecule has 0 spiro atoms. The van der Waals surface area contributed by atoms with E-state index in [-0.39, 0.29) is 22.5 Å². The summed E-state index contributed by atoms with van der Waals surface area (Å²) in [6, 6.07) is 1.19. The van der Waals surface area contributed by atoms with Crippen LogP contribution in [0.1, 0.15) is 11.3 Å². The molecule has 17 heavy (non-hydrogen) atoms. The fraction of sp³-hybridized carbons (Fsp3) is 0.444. The van der Waals surface area contributed by atoms with Gasteiger partial charge >= 0.3 is 6.36 Å². The Morgan fingerprint density at radius 1 is 1.47 bits per heavy atom. The van der Waals surface area contributed by atoms with Crippen molar-refractivity contribution in [1.82, 2.24) is 4.98 Å². The van der Waals surface area contributed by atoms with E-state index in [9.17, 15) is 13.2 Å². The Morgan fingerprint density at radius 3 is 2.53 bits per heavy atom. The average molecular weight is 316 g/mol. The van der Waals surface area contributed by atoms with Gasteiger partial charge in [-0.05, 0) is 0 Å². The van der Waals surface area contributed by atoms with Crippen molar-refractivity contribution in [3.63, 3.8) is 0 Å². The number of alkyl halides is 4. The Hall–Kier alpha value is -1.02. The molecule has 1 aromatic heterocycles. The SMILES string of the molecule is COc1cc(CO)c(OC(F)(F)F)c(CBr)n1. The van der Waals surface area contributed by atoms with Crippen molar-refractivity contribution < 1.29 is 27.8 Å². The van der Waals surface area contributed by atoms with E-state index in [2.05, 4.69) is 25.7 Å². The van der Waals surface area contributed by atoms with Gasteiger partial charge in [0.2, 0.25) is 5.88 Å². The van der Waals surface area contributed by atoms with E-state index in [1.807, 2.05) is 0 Å². The maximum atomic E-state index is 12.2. The molecule has 0 atom stereocenters. The number of rotatable bonds is 4. The van der Waals surface area contributed by atoms with Crippen LogP contribution < -0.4 is 9.47 Å². The van der Waals surface area contributed by atoms with Crippen LogP contribution in [-0.4, -0.2) is 23.6 Å². The highest BCUT2D eigenvalue weighted by molar-refractivity contribution is 9.08. The van der Waals surface area contributed by atoms with Gasteiger partial charge in [-0.25, -0.2) is 4.98 Å². The van der Waals surface area contributed by atoms with Gasteiger partial charge in [0.25, 0.3) is 0 Å². The molecule has 1 rings (SSSR count). The first kappa shape index (κ1) is 14.0. The van der Waals surface area contributed by atoms with E-state index in [0.717, 1.165) is 0 Å². The fourth-order valence-electron chi connectivity index (χ4n) is 1.17. The van der Waals surface area contributed by atoms with E-state index < -0.39 is 18.7 Å². The molecule has 4 nitrogen and oxygen atoms in total. The highest BCUT2D eigenvalue weighted by atomic mass is 79.9. The number of aliphatic hydroxyl groups excluding tert-OH is 1. The third-order valence-electron chi connectivity index (χ3n) is 1.82. The third-order valence-corrected chi connectivity index (χ3v) is 2.35. The van der Waals surface area contributed by atoms with Crippen LogP contribution in [0.5, 0.6) is 11.6 Å². The second kappa shape index (κ2) is 5.54. The first-order chi connectivity index (χ1) is 7.91. The lowest BCUT2D eigenvalue weighted by atomic mass is 10.2. The highest BCUT2D eigenvalue weighted by Gasteiger charge is 2.33. The Labute approximate surface area is 103 Å². The van der Waals surface area contributed by atoms with Gasteiger partial charge in [0, 0.05) is 17.0 Å². The minimum Gasteiger partial charge on any atom is -0.481 e. The van der Waals surface area contributed by atoms with E-state index in [0.29, 0.717) is 0 Å². The number of pyridine rings is 1. The smallest absolute Gasteiger partial charge is 0.481 e. The monoisotopic (exact) mass is 315 g/mol. The lowest BCUT2D eigenvalue weighted by molar-refractivity contribution is -0.275. The second-order valence-corrected chi connectivity index (χ2v) is 3.50. The molecule has 0 bridgehead atoms. The number of nitrogens with zero attached hydrogens (tertiary/aromatic N) is 1. The molecule has 0 aromatic carbocycles. The van der Waals surface area contributed by atoms with Crippen molar-refractivity contribution in [1.29, 1.82) is 0 Å². The average Bonchev–Trinajstić information content (AvgIpc) is 2.27. The molecule has 1 aromatic rings. The molecule has 0 radical (unpaired) electrons. The number of methoxy groups -OCH3 is 1. The summed E-state index contributed by atoms with van der Waals surface area (Å²) in [5.74, 6) is -0.393. The van der Waals surface area contributed by atoms with Crippen LogP contribution >= 0.6 is 15.9 Å². The summed E-state index contributed by atoms with van der Waals surface area (Å²) in [6.45, 7) is -0.607. The maximum absolute atomic E-state index is 12.2. The van der Waals surface area contributed by atoms with Gasteiger partial charge in [-0.15, -0.1) is 13.2 Å². The van der Waals surface area contributed by atoms with Crippen molar-refractivity contribution in [2.45, 2.75) is 18.3 Å². The molecule has 1 N–H and O–H groups in total. The molecule has 0 saturated carbocycles. The first-order valence-corrected chi connectivity index (χ1v) is 5.52. The van der Waals surface area contributed by atoms with Crippen molar-refractivity contribution in [2.24, 2.45) is 0 Å². The summed E-state index contributed by atoms with van der Waals surface area (Å²) >= 11 is 3.00. The van der Waals surface area contributed by atoms with Crippen LogP contribution in [0.2, 0.25) is 0 Å². The van der Waals surface area contributed by atoms with E-state index in [4.69, 9.17) is 9.84 Å². The molecule has 96 valence electrons. The Bertz CT molecular complexity index is 373. The minimum atomic E-state index is -4.84. The Balaban J connectivity index is 3.24. The van der Waals surface area contributed by atoms with E-state index in [1.165, 1.54) is 13.2 Å². The number of aliphatic hydroxyl groups is 1. The molecule has 0 saturated heterocycles. The summed E-state index contributed by atoms with van der Waals surface area (Å²) < 4.78 is 45.2. The molecule has 0 aliphatic rings. The normalized spacial score (nSPS) is 11.4. The topological polar surface area (TPSA) is 51.6 Å². The molecular formula is C9H9BrF3NO3. The molecule has 8 heteroatoms. The lowest BCUT2D eigenvalue weighted by Gasteiger charge is -2.15. The zero-order chi connectivity index (χ0) is 13.1. The predicted molar refractivity (Wildman–Crippen MR) is 56.0 cm³/mol. The quantitative estimate of drug-likeness (QED) is 0.867. The minimum absolute atomic E-state index is 0.00530. The van der Waals surface area contributed by atoms with Crippen molar-refractivity contribution in [2.75, 3.05) is 7.11 Å². The highest BCUT2D eigenvalue weighted by Crippen LogP contribution is 2.32. The van der Waals surface area contributed by atoms with E-state index in [1.54, 1.807) is 0 Å². The van der Waals surface area contributed by atoms with Crippen LogP contribution in [0.3, 0.4) is 0 Å². The van der Waals surface area contributed by atoms with Crippen molar-refractivity contribution >= 4 is 15.9 Å². The van der Waals surface area contributed by atoms with E-state index >= 15 is 0 Å². The lowest BCUT2D eigenvalue weighted by Crippen LogP contribution is -2.19. The van der Waals surface area contributed by atoms with Crippen LogP contribution in [0.25, 0.3) is 0 Å². The fourth-order valence-corrected chi connectivity index (χ4v) is 1.55. The number of ether oxygens (including phenoxy) is 2. The second-order valence-electron chi connectivity index (χ2n) is 2.94. The first-order valence-electron chi connectivity index (χ1n) is 4.40. The number of hydrogen-bond donors (Lipinski definition) is 1. The van der Waals surface area contributed by atoms with Crippen molar-refractivity contribution in [3.8, 4) is 11.6 Å². The Kier molecular flexibility index (Phi) is 4.58. The molecular weight excluding hydrogens is 307 g/mol.